The Morgan fingerprint density at radius 3 is 2.18 bits per heavy atom. The van der Waals surface area contributed by atoms with Crippen LogP contribution in [0.1, 0.15) is 66.2 Å². The molecule has 0 aromatic rings. The van der Waals surface area contributed by atoms with Gasteiger partial charge in [-0.25, -0.2) is 0 Å². The van der Waals surface area contributed by atoms with E-state index in [1.54, 1.807) is 0 Å². The summed E-state index contributed by atoms with van der Waals surface area (Å²) < 4.78 is 0. The van der Waals surface area contributed by atoms with Gasteiger partial charge in [-0.1, -0.05) is 33.1 Å². The van der Waals surface area contributed by atoms with Gasteiger partial charge in [-0.3, -0.25) is 0 Å². The van der Waals surface area contributed by atoms with Crippen molar-refractivity contribution in [2.45, 2.75) is 71.8 Å². The fourth-order valence-corrected chi connectivity index (χ4v) is 2.86. The Bertz CT molecular complexity index is 217. The van der Waals surface area contributed by atoms with Crippen LogP contribution < -0.4 is 5.32 Å². The van der Waals surface area contributed by atoms with E-state index in [1.165, 1.54) is 32.1 Å². The smallest absolute Gasteiger partial charge is 0.0448 e. The van der Waals surface area contributed by atoms with Gasteiger partial charge in [0.25, 0.3) is 0 Å². The summed E-state index contributed by atoms with van der Waals surface area (Å²) in [5, 5.41) is 12.7. The van der Waals surface area contributed by atoms with E-state index >= 15 is 0 Å². The fraction of sp³-hybridized carbons (Fsp3) is 1.00. The maximum atomic E-state index is 9.04. The van der Waals surface area contributed by atoms with Gasteiger partial charge in [-0.15, -0.1) is 0 Å². The molecule has 0 amide bonds. The highest BCUT2D eigenvalue weighted by Gasteiger charge is 2.31. The zero-order valence-electron chi connectivity index (χ0n) is 12.2. The molecule has 0 atom stereocenters. The highest BCUT2D eigenvalue weighted by atomic mass is 16.3. The van der Waals surface area contributed by atoms with Crippen molar-refractivity contribution < 1.29 is 5.11 Å². The first-order valence-electron chi connectivity index (χ1n) is 7.23. The Kier molecular flexibility index (Phi) is 5.46. The van der Waals surface area contributed by atoms with Crippen molar-refractivity contribution in [3.05, 3.63) is 0 Å². The van der Waals surface area contributed by atoms with Crippen molar-refractivity contribution in [1.29, 1.82) is 0 Å². The molecule has 2 nitrogen and oxygen atoms in total. The SMILES string of the molecule is CC(C)(CCO)NCC(C)(C)C1CCCCC1. The number of aliphatic hydroxyl groups excluding tert-OH is 1. The molecule has 17 heavy (non-hydrogen) atoms. The summed E-state index contributed by atoms with van der Waals surface area (Å²) in [6.45, 7) is 10.5. The standard InChI is InChI=1S/C15H31NO/c1-14(2,13-8-6-5-7-9-13)12-16-15(3,4)10-11-17/h13,16-17H,5-12H2,1-4H3. The first kappa shape index (κ1) is 15.0. The lowest BCUT2D eigenvalue weighted by Crippen LogP contribution is -2.47. The molecule has 1 saturated carbocycles. The molecule has 1 aliphatic rings. The summed E-state index contributed by atoms with van der Waals surface area (Å²) in [4.78, 5) is 0. The third kappa shape index (κ3) is 4.97. The molecule has 0 heterocycles. The van der Waals surface area contributed by atoms with E-state index < -0.39 is 0 Å². The number of hydrogen-bond donors (Lipinski definition) is 2. The average molecular weight is 241 g/mol. The monoisotopic (exact) mass is 241 g/mol. The van der Waals surface area contributed by atoms with Crippen LogP contribution in [0.4, 0.5) is 0 Å². The molecular weight excluding hydrogens is 210 g/mol. The summed E-state index contributed by atoms with van der Waals surface area (Å²) in [6, 6.07) is 0. The molecule has 1 fully saturated rings. The minimum Gasteiger partial charge on any atom is -0.396 e. The van der Waals surface area contributed by atoms with Crippen LogP contribution in [0.3, 0.4) is 0 Å². The van der Waals surface area contributed by atoms with Crippen LogP contribution in [0.15, 0.2) is 0 Å². The zero-order valence-corrected chi connectivity index (χ0v) is 12.2. The number of aliphatic hydroxyl groups is 1. The molecular formula is C15H31NO. The first-order valence-corrected chi connectivity index (χ1v) is 7.23. The normalized spacial score (nSPS) is 19.6. The molecule has 2 N–H and O–H groups in total. The predicted molar refractivity (Wildman–Crippen MR) is 74.1 cm³/mol. The molecule has 1 aliphatic carbocycles. The highest BCUT2D eigenvalue weighted by molar-refractivity contribution is 4.86. The highest BCUT2D eigenvalue weighted by Crippen LogP contribution is 2.38. The van der Waals surface area contributed by atoms with Gasteiger partial charge in [0, 0.05) is 18.7 Å². The van der Waals surface area contributed by atoms with Crippen molar-refractivity contribution in [2.24, 2.45) is 11.3 Å². The van der Waals surface area contributed by atoms with E-state index in [-0.39, 0.29) is 12.1 Å². The van der Waals surface area contributed by atoms with Crippen LogP contribution >= 0.6 is 0 Å². The maximum Gasteiger partial charge on any atom is 0.0448 e. The van der Waals surface area contributed by atoms with E-state index in [9.17, 15) is 0 Å². The van der Waals surface area contributed by atoms with Crippen LogP contribution in [0, 0.1) is 11.3 Å². The van der Waals surface area contributed by atoms with Gasteiger partial charge >= 0.3 is 0 Å². The van der Waals surface area contributed by atoms with E-state index in [0.717, 1.165) is 18.9 Å². The molecule has 0 unspecified atom stereocenters. The van der Waals surface area contributed by atoms with Crippen molar-refractivity contribution in [1.82, 2.24) is 5.32 Å². The minimum absolute atomic E-state index is 0.0562. The van der Waals surface area contributed by atoms with Gasteiger partial charge in [0.2, 0.25) is 0 Å². The summed E-state index contributed by atoms with van der Waals surface area (Å²) >= 11 is 0. The summed E-state index contributed by atoms with van der Waals surface area (Å²) in [5.74, 6) is 0.869. The van der Waals surface area contributed by atoms with Crippen LogP contribution in [0.2, 0.25) is 0 Å². The van der Waals surface area contributed by atoms with Crippen molar-refractivity contribution in [3.8, 4) is 0 Å². The van der Waals surface area contributed by atoms with E-state index in [4.69, 9.17) is 5.11 Å². The second-order valence-electron chi connectivity index (χ2n) is 7.03. The lowest BCUT2D eigenvalue weighted by atomic mass is 9.71. The topological polar surface area (TPSA) is 32.3 Å². The van der Waals surface area contributed by atoms with Gasteiger partial charge < -0.3 is 10.4 Å². The average Bonchev–Trinajstić information content (AvgIpc) is 2.28. The number of nitrogens with one attached hydrogen (secondary N) is 1. The van der Waals surface area contributed by atoms with Gasteiger partial charge in [-0.05, 0) is 44.4 Å². The van der Waals surface area contributed by atoms with Crippen molar-refractivity contribution in [2.75, 3.05) is 13.2 Å². The molecule has 0 spiro atoms. The van der Waals surface area contributed by atoms with Crippen LogP contribution in [0.25, 0.3) is 0 Å². The minimum atomic E-state index is 0.0562. The Balaban J connectivity index is 2.42. The number of rotatable bonds is 6. The maximum absolute atomic E-state index is 9.04. The Hall–Kier alpha value is -0.0800. The Morgan fingerprint density at radius 1 is 1.06 bits per heavy atom. The molecule has 102 valence electrons. The van der Waals surface area contributed by atoms with Crippen LogP contribution in [-0.4, -0.2) is 23.8 Å². The zero-order chi connectivity index (χ0) is 12.9. The molecule has 0 saturated heterocycles. The third-order valence-corrected chi connectivity index (χ3v) is 4.47. The number of hydrogen-bond acceptors (Lipinski definition) is 2. The molecule has 0 aromatic carbocycles. The largest absolute Gasteiger partial charge is 0.396 e. The molecule has 0 bridgehead atoms. The van der Waals surface area contributed by atoms with E-state index in [0.29, 0.717) is 5.41 Å². The van der Waals surface area contributed by atoms with Crippen LogP contribution in [0.5, 0.6) is 0 Å². The quantitative estimate of drug-likeness (QED) is 0.747. The molecule has 2 heteroatoms. The fourth-order valence-electron chi connectivity index (χ4n) is 2.86. The molecule has 0 aliphatic heterocycles. The van der Waals surface area contributed by atoms with Gasteiger partial charge in [0.05, 0.1) is 0 Å². The van der Waals surface area contributed by atoms with Gasteiger partial charge in [0.1, 0.15) is 0 Å². The lowest BCUT2D eigenvalue weighted by Gasteiger charge is -2.40. The summed E-state index contributed by atoms with van der Waals surface area (Å²) in [5.41, 5.74) is 0.438. The second kappa shape index (κ2) is 6.19. The second-order valence-corrected chi connectivity index (χ2v) is 7.03. The van der Waals surface area contributed by atoms with E-state index in [1.807, 2.05) is 0 Å². The third-order valence-electron chi connectivity index (χ3n) is 4.47. The van der Waals surface area contributed by atoms with E-state index in [2.05, 4.69) is 33.0 Å². The molecule has 0 aromatic heterocycles. The predicted octanol–water partition coefficient (Wildman–Crippen LogP) is 3.34. The Morgan fingerprint density at radius 2 is 1.65 bits per heavy atom. The first-order chi connectivity index (χ1) is 7.87. The lowest BCUT2D eigenvalue weighted by molar-refractivity contribution is 0.134. The van der Waals surface area contributed by atoms with Crippen molar-refractivity contribution >= 4 is 0 Å². The molecule has 1 rings (SSSR count). The summed E-state index contributed by atoms with van der Waals surface area (Å²) in [7, 11) is 0. The van der Waals surface area contributed by atoms with Crippen molar-refractivity contribution in [3.63, 3.8) is 0 Å². The Labute approximate surface area is 107 Å². The van der Waals surface area contributed by atoms with Gasteiger partial charge in [0.15, 0.2) is 0 Å². The summed E-state index contributed by atoms with van der Waals surface area (Å²) in [6.07, 6.45) is 7.87. The van der Waals surface area contributed by atoms with Crippen LogP contribution in [-0.2, 0) is 0 Å². The molecule has 0 radical (unpaired) electrons. The van der Waals surface area contributed by atoms with Gasteiger partial charge in [-0.2, -0.15) is 0 Å².